The maximum Gasteiger partial charge on any atom is 0.0891 e. The van der Waals surface area contributed by atoms with Crippen LogP contribution in [0, 0.1) is 0 Å². The number of rotatable bonds is 3. The highest BCUT2D eigenvalue weighted by Crippen LogP contribution is 1.98. The Morgan fingerprint density at radius 3 is 2.45 bits per heavy atom. The third-order valence-corrected chi connectivity index (χ3v) is 2.04. The van der Waals surface area contributed by atoms with Crippen molar-refractivity contribution in [1.82, 2.24) is 0 Å². The van der Waals surface area contributed by atoms with Gasteiger partial charge < -0.3 is 0 Å². The number of aryl methyl sites for hydroxylation is 1. The van der Waals surface area contributed by atoms with Crippen molar-refractivity contribution in [2.24, 2.45) is 5.14 Å². The van der Waals surface area contributed by atoms with Crippen molar-refractivity contribution in [1.29, 1.82) is 0 Å². The molecule has 0 amide bonds. The van der Waals surface area contributed by atoms with E-state index in [1.54, 1.807) is 0 Å². The lowest BCUT2D eigenvalue weighted by Gasteiger charge is -1.96. The Kier molecular flexibility index (Phi) is 3.26. The molecule has 0 fully saturated rings. The SMILES string of the molecule is NS(=O)CCc1ccccc1. The van der Waals surface area contributed by atoms with Gasteiger partial charge in [0.2, 0.25) is 0 Å². The summed E-state index contributed by atoms with van der Waals surface area (Å²) in [5.74, 6) is 0.546. The standard InChI is InChI=1S/C8H11NOS/c9-11(10)7-6-8-4-2-1-3-5-8/h1-5H,6-7,9H2. The summed E-state index contributed by atoms with van der Waals surface area (Å²) in [4.78, 5) is 0. The van der Waals surface area contributed by atoms with Gasteiger partial charge in [0.1, 0.15) is 0 Å². The second-order valence-corrected chi connectivity index (χ2v) is 3.49. The fraction of sp³-hybridized carbons (Fsp3) is 0.250. The van der Waals surface area contributed by atoms with Crippen LogP contribution in [0.15, 0.2) is 30.3 Å². The number of hydrogen-bond donors (Lipinski definition) is 1. The van der Waals surface area contributed by atoms with Crippen LogP contribution in [0.4, 0.5) is 0 Å². The predicted octanol–water partition coefficient (Wildman–Crippen LogP) is 0.852. The number of benzene rings is 1. The molecule has 1 aromatic rings. The van der Waals surface area contributed by atoms with Crippen LogP contribution in [0.3, 0.4) is 0 Å². The van der Waals surface area contributed by atoms with Crippen molar-refractivity contribution in [3.8, 4) is 0 Å². The van der Waals surface area contributed by atoms with Gasteiger partial charge in [-0.15, -0.1) is 0 Å². The second kappa shape index (κ2) is 4.26. The van der Waals surface area contributed by atoms with Crippen LogP contribution in [0.5, 0.6) is 0 Å². The molecule has 60 valence electrons. The minimum absolute atomic E-state index is 0.546. The van der Waals surface area contributed by atoms with Gasteiger partial charge in [-0.05, 0) is 12.0 Å². The van der Waals surface area contributed by atoms with Crippen molar-refractivity contribution < 1.29 is 4.21 Å². The van der Waals surface area contributed by atoms with Crippen LogP contribution in [0.2, 0.25) is 0 Å². The lowest BCUT2D eigenvalue weighted by atomic mass is 10.2. The Morgan fingerprint density at radius 1 is 1.27 bits per heavy atom. The fourth-order valence-corrected chi connectivity index (χ4v) is 1.30. The van der Waals surface area contributed by atoms with Crippen molar-refractivity contribution in [2.75, 3.05) is 5.75 Å². The van der Waals surface area contributed by atoms with Crippen LogP contribution >= 0.6 is 0 Å². The van der Waals surface area contributed by atoms with E-state index in [1.165, 1.54) is 5.56 Å². The summed E-state index contributed by atoms with van der Waals surface area (Å²) in [5, 5.41) is 5.11. The van der Waals surface area contributed by atoms with Gasteiger partial charge in [-0.3, -0.25) is 5.14 Å². The Morgan fingerprint density at radius 2 is 1.91 bits per heavy atom. The fourth-order valence-electron chi connectivity index (χ4n) is 0.863. The van der Waals surface area contributed by atoms with Crippen LogP contribution < -0.4 is 5.14 Å². The Labute approximate surface area is 69.0 Å². The van der Waals surface area contributed by atoms with E-state index >= 15 is 0 Å². The van der Waals surface area contributed by atoms with Crippen LogP contribution in [-0.4, -0.2) is 9.96 Å². The Bertz CT molecular complexity index is 235. The van der Waals surface area contributed by atoms with Gasteiger partial charge >= 0.3 is 0 Å². The van der Waals surface area contributed by atoms with Crippen molar-refractivity contribution >= 4 is 11.0 Å². The third kappa shape index (κ3) is 3.30. The minimum Gasteiger partial charge on any atom is -0.252 e. The molecule has 1 rings (SSSR count). The minimum atomic E-state index is -1.17. The maximum atomic E-state index is 10.5. The van der Waals surface area contributed by atoms with Crippen LogP contribution in [-0.2, 0) is 17.4 Å². The van der Waals surface area contributed by atoms with E-state index in [-0.39, 0.29) is 0 Å². The molecule has 0 aliphatic heterocycles. The molecule has 0 saturated carbocycles. The number of nitrogens with two attached hydrogens (primary N) is 1. The first-order valence-corrected chi connectivity index (χ1v) is 4.84. The highest BCUT2D eigenvalue weighted by molar-refractivity contribution is 7.82. The van der Waals surface area contributed by atoms with E-state index in [0.29, 0.717) is 5.75 Å². The predicted molar refractivity (Wildman–Crippen MR) is 47.3 cm³/mol. The largest absolute Gasteiger partial charge is 0.252 e. The highest BCUT2D eigenvalue weighted by atomic mass is 32.2. The summed E-state index contributed by atoms with van der Waals surface area (Å²) >= 11 is 0. The van der Waals surface area contributed by atoms with E-state index in [0.717, 1.165) is 6.42 Å². The first-order valence-electron chi connectivity index (χ1n) is 3.46. The molecular weight excluding hydrogens is 158 g/mol. The summed E-state index contributed by atoms with van der Waals surface area (Å²) in [5.41, 5.74) is 1.19. The third-order valence-electron chi connectivity index (χ3n) is 1.43. The molecule has 0 spiro atoms. The van der Waals surface area contributed by atoms with Crippen molar-refractivity contribution in [3.05, 3.63) is 35.9 Å². The molecule has 1 atom stereocenters. The molecular formula is C8H11NOS. The zero-order valence-corrected chi connectivity index (χ0v) is 7.01. The van der Waals surface area contributed by atoms with Gasteiger partial charge in [0.05, 0.1) is 11.0 Å². The average Bonchev–Trinajstić information content (AvgIpc) is 2.03. The molecule has 2 nitrogen and oxygen atoms in total. The quantitative estimate of drug-likeness (QED) is 0.716. The molecule has 0 aliphatic carbocycles. The zero-order valence-electron chi connectivity index (χ0n) is 6.19. The Hall–Kier alpha value is -0.670. The van der Waals surface area contributed by atoms with E-state index in [1.807, 2.05) is 30.3 Å². The molecule has 2 N–H and O–H groups in total. The smallest absolute Gasteiger partial charge is 0.0891 e. The highest BCUT2D eigenvalue weighted by Gasteiger charge is 1.93. The first kappa shape index (κ1) is 8.43. The van der Waals surface area contributed by atoms with Crippen LogP contribution in [0.1, 0.15) is 5.56 Å². The normalized spacial score (nSPS) is 12.8. The van der Waals surface area contributed by atoms with Crippen molar-refractivity contribution in [2.45, 2.75) is 6.42 Å². The first-order chi connectivity index (χ1) is 5.29. The molecule has 11 heavy (non-hydrogen) atoms. The van der Waals surface area contributed by atoms with Gasteiger partial charge in [-0.25, -0.2) is 4.21 Å². The van der Waals surface area contributed by atoms with Gasteiger partial charge in [0, 0.05) is 5.75 Å². The lowest BCUT2D eigenvalue weighted by molar-refractivity contribution is 0.683. The van der Waals surface area contributed by atoms with E-state index in [2.05, 4.69) is 0 Å². The molecule has 0 radical (unpaired) electrons. The zero-order chi connectivity index (χ0) is 8.10. The average molecular weight is 169 g/mol. The van der Waals surface area contributed by atoms with Gasteiger partial charge in [-0.2, -0.15) is 0 Å². The summed E-state index contributed by atoms with van der Waals surface area (Å²) in [6.45, 7) is 0. The summed E-state index contributed by atoms with van der Waals surface area (Å²) in [6.07, 6.45) is 0.796. The van der Waals surface area contributed by atoms with Crippen LogP contribution in [0.25, 0.3) is 0 Å². The van der Waals surface area contributed by atoms with Crippen molar-refractivity contribution in [3.63, 3.8) is 0 Å². The van der Waals surface area contributed by atoms with Gasteiger partial charge in [0.15, 0.2) is 0 Å². The molecule has 1 aromatic carbocycles. The van der Waals surface area contributed by atoms with E-state index < -0.39 is 11.0 Å². The molecule has 0 aromatic heterocycles. The monoisotopic (exact) mass is 169 g/mol. The topological polar surface area (TPSA) is 43.1 Å². The molecule has 0 bridgehead atoms. The van der Waals surface area contributed by atoms with E-state index in [9.17, 15) is 4.21 Å². The maximum absolute atomic E-state index is 10.5. The molecule has 1 unspecified atom stereocenters. The Balaban J connectivity index is 2.45. The molecule has 0 aliphatic rings. The summed E-state index contributed by atoms with van der Waals surface area (Å²) in [7, 11) is -1.17. The number of hydrogen-bond acceptors (Lipinski definition) is 1. The summed E-state index contributed by atoms with van der Waals surface area (Å²) < 4.78 is 10.5. The summed E-state index contributed by atoms with van der Waals surface area (Å²) in [6, 6.07) is 9.91. The van der Waals surface area contributed by atoms with E-state index in [4.69, 9.17) is 5.14 Å². The lowest BCUT2D eigenvalue weighted by Crippen LogP contribution is -2.09. The van der Waals surface area contributed by atoms with Gasteiger partial charge in [0.25, 0.3) is 0 Å². The molecule has 0 saturated heterocycles. The van der Waals surface area contributed by atoms with Gasteiger partial charge in [-0.1, -0.05) is 30.3 Å². The molecule has 3 heteroatoms. The molecule has 0 heterocycles. The second-order valence-electron chi connectivity index (χ2n) is 2.32.